The molecule has 0 N–H and O–H groups in total. The van der Waals surface area contributed by atoms with Crippen LogP contribution in [0.3, 0.4) is 0 Å². The summed E-state index contributed by atoms with van der Waals surface area (Å²) >= 11 is 6.15. The summed E-state index contributed by atoms with van der Waals surface area (Å²) < 4.78 is 67.9. The lowest BCUT2D eigenvalue weighted by Crippen LogP contribution is -2.57. The van der Waals surface area contributed by atoms with Gasteiger partial charge in [0.15, 0.2) is 5.03 Å². The van der Waals surface area contributed by atoms with Crippen LogP contribution in [0.1, 0.15) is 31.2 Å². The second-order valence-electron chi connectivity index (χ2n) is 8.94. The van der Waals surface area contributed by atoms with Gasteiger partial charge in [-0.05, 0) is 32.8 Å². The van der Waals surface area contributed by atoms with Gasteiger partial charge >= 0.3 is 6.18 Å². The molecular formula is C21H28ClF3N6O2S. The summed E-state index contributed by atoms with van der Waals surface area (Å²) in [5.41, 5.74) is -0.866. The first-order chi connectivity index (χ1) is 15.9. The standard InChI is InChI=1S/C21H28ClF3N6O2S/c1-14-12-29(8-9-31(14)20-18(22)10-16(11-26-20)21(23,24)25)17-4-6-30(7-5-17)34(32,33)19-13-28(3)15(2)27-19/h10-11,13-14,17H,4-9,12H2,1-3H3. The van der Waals surface area contributed by atoms with E-state index < -0.39 is 21.8 Å². The first-order valence-electron chi connectivity index (χ1n) is 11.1. The van der Waals surface area contributed by atoms with Crippen LogP contribution in [-0.2, 0) is 23.2 Å². The second-order valence-corrected chi connectivity index (χ2v) is 11.2. The predicted octanol–water partition coefficient (Wildman–Crippen LogP) is 3.16. The van der Waals surface area contributed by atoms with Crippen LogP contribution >= 0.6 is 11.6 Å². The maximum atomic E-state index is 12.9. The van der Waals surface area contributed by atoms with Gasteiger partial charge in [-0.2, -0.15) is 17.5 Å². The Morgan fingerprint density at radius 2 is 1.82 bits per heavy atom. The maximum absolute atomic E-state index is 12.9. The van der Waals surface area contributed by atoms with Crippen molar-refractivity contribution in [3.05, 3.63) is 34.9 Å². The minimum Gasteiger partial charge on any atom is -0.350 e. The van der Waals surface area contributed by atoms with Crippen molar-refractivity contribution in [1.29, 1.82) is 0 Å². The van der Waals surface area contributed by atoms with Gasteiger partial charge in [0, 0.05) is 64.2 Å². The molecule has 0 saturated carbocycles. The zero-order valence-electron chi connectivity index (χ0n) is 19.3. The molecule has 4 heterocycles. The molecule has 2 aromatic rings. The van der Waals surface area contributed by atoms with Crippen LogP contribution in [-0.4, -0.2) is 77.0 Å². The number of sulfonamides is 1. The molecule has 1 unspecified atom stereocenters. The summed E-state index contributed by atoms with van der Waals surface area (Å²) in [4.78, 5) is 12.4. The second kappa shape index (κ2) is 9.29. The number of hydrogen-bond acceptors (Lipinski definition) is 6. The average molecular weight is 521 g/mol. The smallest absolute Gasteiger partial charge is 0.350 e. The highest BCUT2D eigenvalue weighted by Crippen LogP contribution is 2.35. The minimum absolute atomic E-state index is 0.00579. The van der Waals surface area contributed by atoms with E-state index in [1.54, 1.807) is 18.5 Å². The molecule has 8 nitrogen and oxygen atoms in total. The first kappa shape index (κ1) is 25.2. The fraction of sp³-hybridized carbons (Fsp3) is 0.619. The van der Waals surface area contributed by atoms with E-state index in [0.717, 1.165) is 12.3 Å². The lowest BCUT2D eigenvalue weighted by atomic mass is 10.0. The highest BCUT2D eigenvalue weighted by atomic mass is 35.5. The molecule has 0 amide bonds. The molecule has 0 aliphatic carbocycles. The van der Waals surface area contributed by atoms with E-state index in [0.29, 0.717) is 57.2 Å². The number of aryl methyl sites for hydroxylation is 2. The fourth-order valence-corrected chi connectivity index (χ4v) is 6.43. The van der Waals surface area contributed by atoms with Crippen LogP contribution in [0.25, 0.3) is 0 Å². The van der Waals surface area contributed by atoms with Crippen LogP contribution in [0.5, 0.6) is 0 Å². The largest absolute Gasteiger partial charge is 0.417 e. The van der Waals surface area contributed by atoms with Gasteiger partial charge in [-0.3, -0.25) is 4.90 Å². The topological polar surface area (TPSA) is 74.6 Å². The molecule has 4 rings (SSSR count). The van der Waals surface area contributed by atoms with Gasteiger partial charge in [0.1, 0.15) is 11.6 Å². The van der Waals surface area contributed by atoms with Crippen molar-refractivity contribution in [1.82, 2.24) is 23.7 Å². The number of rotatable bonds is 4. The van der Waals surface area contributed by atoms with Gasteiger partial charge in [0.2, 0.25) is 0 Å². The third-order valence-corrected chi connectivity index (χ3v) is 8.76. The van der Waals surface area contributed by atoms with Gasteiger partial charge < -0.3 is 9.47 Å². The highest BCUT2D eigenvalue weighted by molar-refractivity contribution is 7.89. The Kier molecular flexibility index (Phi) is 6.89. The van der Waals surface area contributed by atoms with E-state index in [2.05, 4.69) is 14.9 Å². The Morgan fingerprint density at radius 1 is 1.15 bits per heavy atom. The van der Waals surface area contributed by atoms with Crippen LogP contribution in [0.4, 0.5) is 19.0 Å². The molecule has 13 heteroatoms. The zero-order chi connectivity index (χ0) is 24.8. The first-order valence-corrected chi connectivity index (χ1v) is 12.9. The number of nitrogens with zero attached hydrogens (tertiary/aromatic N) is 6. The molecule has 0 aromatic carbocycles. The van der Waals surface area contributed by atoms with Crippen molar-refractivity contribution in [3.8, 4) is 0 Å². The molecule has 2 aliphatic heterocycles. The van der Waals surface area contributed by atoms with Gasteiger partial charge in [-0.1, -0.05) is 11.6 Å². The fourth-order valence-electron chi connectivity index (χ4n) is 4.66. The summed E-state index contributed by atoms with van der Waals surface area (Å²) in [5, 5.41) is 0.0625. The Balaban J connectivity index is 1.37. The van der Waals surface area contributed by atoms with Gasteiger partial charge in [-0.25, -0.2) is 18.4 Å². The highest BCUT2D eigenvalue weighted by Gasteiger charge is 2.37. The average Bonchev–Trinajstić information content (AvgIpc) is 3.12. The summed E-state index contributed by atoms with van der Waals surface area (Å²) in [6, 6.07) is 1.15. The number of alkyl halides is 3. The number of hydrogen-bond donors (Lipinski definition) is 0. The number of imidazole rings is 1. The van der Waals surface area contributed by atoms with Crippen molar-refractivity contribution in [2.24, 2.45) is 7.05 Å². The maximum Gasteiger partial charge on any atom is 0.417 e. The Hall–Kier alpha value is -1.89. The van der Waals surface area contributed by atoms with Crippen LogP contribution in [0, 0.1) is 6.92 Å². The molecule has 0 radical (unpaired) electrons. The normalized spacial score (nSPS) is 21.9. The lowest BCUT2D eigenvalue weighted by Gasteiger charge is -2.45. The number of pyridine rings is 1. The van der Waals surface area contributed by atoms with Crippen LogP contribution in [0.2, 0.25) is 5.02 Å². The Morgan fingerprint density at radius 3 is 2.35 bits per heavy atom. The van der Waals surface area contributed by atoms with E-state index in [4.69, 9.17) is 11.6 Å². The molecule has 34 heavy (non-hydrogen) atoms. The van der Waals surface area contributed by atoms with Crippen LogP contribution < -0.4 is 4.90 Å². The van der Waals surface area contributed by atoms with E-state index >= 15 is 0 Å². The molecule has 2 fully saturated rings. The molecule has 0 spiro atoms. The monoisotopic (exact) mass is 520 g/mol. The van der Waals surface area contributed by atoms with Crippen LogP contribution in [0.15, 0.2) is 23.5 Å². The summed E-state index contributed by atoms with van der Waals surface area (Å²) in [6.07, 6.45) is -0.719. The SMILES string of the molecule is Cc1nc(S(=O)(=O)N2CCC(N3CCN(c4ncc(C(F)(F)F)cc4Cl)C(C)C3)CC2)cn1C. The number of halogens is 4. The molecule has 188 valence electrons. The molecule has 0 bridgehead atoms. The van der Waals surface area contributed by atoms with E-state index in [-0.39, 0.29) is 22.1 Å². The quantitative estimate of drug-likeness (QED) is 0.616. The number of piperidine rings is 1. The zero-order valence-corrected chi connectivity index (χ0v) is 20.8. The molecule has 2 saturated heterocycles. The molecular weight excluding hydrogens is 493 g/mol. The number of anilines is 1. The summed E-state index contributed by atoms with van der Waals surface area (Å²) in [6.45, 7) is 6.55. The van der Waals surface area contributed by atoms with E-state index in [1.807, 2.05) is 11.8 Å². The summed E-state index contributed by atoms with van der Waals surface area (Å²) in [7, 11) is -1.85. The van der Waals surface area contributed by atoms with Crippen molar-refractivity contribution in [2.75, 3.05) is 37.6 Å². The van der Waals surface area contributed by atoms with Crippen molar-refractivity contribution in [2.45, 2.75) is 50.0 Å². The Labute approximate surface area is 202 Å². The lowest BCUT2D eigenvalue weighted by molar-refractivity contribution is -0.137. The minimum atomic E-state index is -4.49. The van der Waals surface area contributed by atoms with Crippen molar-refractivity contribution >= 4 is 27.4 Å². The molecule has 2 aliphatic rings. The van der Waals surface area contributed by atoms with Gasteiger partial charge in [-0.15, -0.1) is 0 Å². The number of piperazine rings is 1. The van der Waals surface area contributed by atoms with Crippen molar-refractivity contribution in [3.63, 3.8) is 0 Å². The number of aromatic nitrogens is 3. The molecule has 1 atom stereocenters. The third kappa shape index (κ3) is 4.91. The predicted molar refractivity (Wildman–Crippen MR) is 122 cm³/mol. The van der Waals surface area contributed by atoms with Gasteiger partial charge in [0.05, 0.1) is 10.6 Å². The molecule has 2 aromatic heterocycles. The third-order valence-electron chi connectivity index (χ3n) is 6.71. The van der Waals surface area contributed by atoms with E-state index in [1.165, 1.54) is 10.5 Å². The van der Waals surface area contributed by atoms with E-state index in [9.17, 15) is 21.6 Å². The Bertz CT molecular complexity index is 1130. The van der Waals surface area contributed by atoms with Gasteiger partial charge in [0.25, 0.3) is 10.0 Å². The van der Waals surface area contributed by atoms with Crippen molar-refractivity contribution < 1.29 is 21.6 Å². The summed E-state index contributed by atoms with van der Waals surface area (Å²) in [5.74, 6) is 0.997.